The maximum absolute atomic E-state index is 2.32. The van der Waals surface area contributed by atoms with Gasteiger partial charge in [0, 0.05) is 0 Å². The van der Waals surface area contributed by atoms with Crippen molar-refractivity contribution in [3.05, 3.63) is 66.3 Å². The van der Waals surface area contributed by atoms with Gasteiger partial charge in [-0.15, -0.1) is 0 Å². The SMILES string of the molecule is C1=CCC(c2cccc3ccccc23)=C1.[CH3][Pt]([CH3])[CH3]. The Labute approximate surface area is 122 Å². The van der Waals surface area contributed by atoms with E-state index in [0.717, 1.165) is 6.42 Å². The second-order valence-corrected chi connectivity index (χ2v) is 11.6. The predicted molar refractivity (Wildman–Crippen MR) is 83.3 cm³/mol. The first-order valence-electron chi connectivity index (χ1n) is 6.24. The van der Waals surface area contributed by atoms with Gasteiger partial charge in [-0.1, -0.05) is 60.7 Å². The van der Waals surface area contributed by atoms with Gasteiger partial charge < -0.3 is 0 Å². The van der Waals surface area contributed by atoms with Crippen molar-refractivity contribution >= 4 is 16.3 Å². The van der Waals surface area contributed by atoms with Crippen LogP contribution in [0.4, 0.5) is 0 Å². The number of rotatable bonds is 1. The second kappa shape index (κ2) is 6.87. The van der Waals surface area contributed by atoms with Gasteiger partial charge in [0.05, 0.1) is 0 Å². The first-order valence-corrected chi connectivity index (χ1v) is 13.1. The molecule has 0 spiro atoms. The van der Waals surface area contributed by atoms with Crippen molar-refractivity contribution in [2.24, 2.45) is 0 Å². The molecule has 0 aromatic heterocycles. The average molecular weight is 432 g/mol. The molecule has 0 amide bonds. The molecule has 3 rings (SSSR count). The van der Waals surface area contributed by atoms with Crippen LogP contribution in [-0.4, -0.2) is 0 Å². The summed E-state index contributed by atoms with van der Waals surface area (Å²) in [5.74, 6) is 0. The van der Waals surface area contributed by atoms with Crippen LogP contribution in [-0.2, 0) is 17.3 Å². The molecule has 1 aliphatic rings. The number of benzene rings is 2. The third kappa shape index (κ3) is 3.91. The monoisotopic (exact) mass is 432 g/mol. The van der Waals surface area contributed by atoms with Gasteiger partial charge in [-0.05, 0) is 28.3 Å². The Morgan fingerprint density at radius 1 is 0.895 bits per heavy atom. The van der Waals surface area contributed by atoms with Crippen molar-refractivity contribution in [3.63, 3.8) is 0 Å². The Morgan fingerprint density at radius 3 is 2.26 bits per heavy atom. The molecule has 0 N–H and O–H groups in total. The molecule has 0 aliphatic heterocycles. The van der Waals surface area contributed by atoms with Crippen LogP contribution in [0.2, 0.25) is 15.9 Å². The van der Waals surface area contributed by atoms with Crippen LogP contribution in [0.15, 0.2) is 60.7 Å². The topological polar surface area (TPSA) is 0 Å². The van der Waals surface area contributed by atoms with Gasteiger partial charge in [-0.25, -0.2) is 0 Å². The van der Waals surface area contributed by atoms with Crippen LogP contribution >= 0.6 is 0 Å². The molecule has 0 heterocycles. The van der Waals surface area contributed by atoms with Crippen LogP contribution < -0.4 is 0 Å². The average Bonchev–Trinajstić information content (AvgIpc) is 2.91. The molecule has 0 radical (unpaired) electrons. The van der Waals surface area contributed by atoms with Crippen molar-refractivity contribution in [3.8, 4) is 0 Å². The van der Waals surface area contributed by atoms with E-state index in [-0.39, 0.29) is 17.3 Å². The number of fused-ring (bicyclic) bond motifs is 1. The molecule has 2 aromatic rings. The van der Waals surface area contributed by atoms with Crippen LogP contribution in [0.1, 0.15) is 12.0 Å². The van der Waals surface area contributed by atoms with Crippen molar-refractivity contribution in [2.45, 2.75) is 22.4 Å². The van der Waals surface area contributed by atoms with Gasteiger partial charge in [0.1, 0.15) is 0 Å². The van der Waals surface area contributed by atoms with Gasteiger partial charge in [0.15, 0.2) is 0 Å². The van der Waals surface area contributed by atoms with Gasteiger partial charge in [-0.2, -0.15) is 0 Å². The fourth-order valence-corrected chi connectivity index (χ4v) is 2.15. The van der Waals surface area contributed by atoms with E-state index in [4.69, 9.17) is 0 Å². The summed E-state index contributed by atoms with van der Waals surface area (Å²) < 4.78 is 0. The molecule has 1 heteroatoms. The van der Waals surface area contributed by atoms with Gasteiger partial charge in [0.25, 0.3) is 0 Å². The molecule has 103 valence electrons. The van der Waals surface area contributed by atoms with Crippen LogP contribution in [0.25, 0.3) is 16.3 Å². The van der Waals surface area contributed by atoms with E-state index in [1.165, 1.54) is 21.9 Å². The molecule has 0 saturated heterocycles. The first kappa shape index (κ1) is 14.3. The summed E-state index contributed by atoms with van der Waals surface area (Å²) in [4.78, 5) is 0. The number of hydrogen-bond acceptors (Lipinski definition) is 0. The zero-order valence-electron chi connectivity index (χ0n) is 11.8. The van der Waals surface area contributed by atoms with Crippen molar-refractivity contribution in [1.29, 1.82) is 0 Å². The van der Waals surface area contributed by atoms with Gasteiger partial charge in [0.2, 0.25) is 0 Å². The minimum atomic E-state index is -0.269. The Hall–Kier alpha value is -1.13. The zero-order valence-corrected chi connectivity index (χ0v) is 14.1. The van der Waals surface area contributed by atoms with E-state index in [2.05, 4.69) is 76.6 Å². The molecule has 0 fully saturated rings. The van der Waals surface area contributed by atoms with E-state index in [9.17, 15) is 0 Å². The Bertz CT molecular complexity index is 598. The molecule has 0 bridgehead atoms. The normalized spacial score (nSPS) is 13.8. The second-order valence-electron chi connectivity index (χ2n) is 4.80. The summed E-state index contributed by atoms with van der Waals surface area (Å²) in [5, 5.41) is 9.65. The molecular weight excluding hydrogens is 411 g/mol. The molecule has 0 nitrogen and oxygen atoms in total. The molecule has 0 unspecified atom stereocenters. The zero-order chi connectivity index (χ0) is 13.7. The minimum absolute atomic E-state index is 0.269. The molecule has 0 saturated carbocycles. The molecule has 2 aromatic carbocycles. The molecule has 19 heavy (non-hydrogen) atoms. The predicted octanol–water partition coefficient (Wildman–Crippen LogP) is 5.93. The third-order valence-corrected chi connectivity index (χ3v) is 2.91. The van der Waals surface area contributed by atoms with Crippen molar-refractivity contribution in [2.75, 3.05) is 0 Å². The summed E-state index contributed by atoms with van der Waals surface area (Å²) in [6, 6.07) is 15.1. The van der Waals surface area contributed by atoms with Crippen molar-refractivity contribution < 1.29 is 17.3 Å². The summed E-state index contributed by atoms with van der Waals surface area (Å²) >= 11 is -0.269. The van der Waals surface area contributed by atoms with Crippen molar-refractivity contribution in [1.82, 2.24) is 0 Å². The fraction of sp³-hybridized carbons (Fsp3) is 0.222. The first-order chi connectivity index (χ1) is 9.18. The molecule has 1 aliphatic carbocycles. The maximum atomic E-state index is 2.32. The van der Waals surface area contributed by atoms with Crippen LogP contribution in [0.5, 0.6) is 0 Å². The number of hydrogen-bond donors (Lipinski definition) is 0. The summed E-state index contributed by atoms with van der Waals surface area (Å²) in [6.07, 6.45) is 7.62. The van der Waals surface area contributed by atoms with Crippen LogP contribution in [0, 0.1) is 0 Å². The van der Waals surface area contributed by atoms with Gasteiger partial charge >= 0.3 is 33.3 Å². The fourth-order valence-electron chi connectivity index (χ4n) is 2.15. The molecule has 0 atom stereocenters. The molecular formula is C18H21Pt. The summed E-state index contributed by atoms with van der Waals surface area (Å²) in [7, 11) is 0. The summed E-state index contributed by atoms with van der Waals surface area (Å²) in [5.41, 5.74) is 2.80. The Balaban J connectivity index is 0.000000297. The van der Waals surface area contributed by atoms with E-state index in [1.54, 1.807) is 0 Å². The van der Waals surface area contributed by atoms with E-state index >= 15 is 0 Å². The van der Waals surface area contributed by atoms with Crippen LogP contribution in [0.3, 0.4) is 0 Å². The quantitative estimate of drug-likeness (QED) is 0.524. The van der Waals surface area contributed by atoms with E-state index < -0.39 is 0 Å². The third-order valence-electron chi connectivity index (χ3n) is 2.91. The number of allylic oxidation sites excluding steroid dienone is 4. The van der Waals surface area contributed by atoms with E-state index in [0.29, 0.717) is 0 Å². The Morgan fingerprint density at radius 2 is 1.58 bits per heavy atom. The Kier molecular flexibility index (Phi) is 5.16. The van der Waals surface area contributed by atoms with Gasteiger partial charge in [-0.3, -0.25) is 0 Å². The van der Waals surface area contributed by atoms with E-state index in [1.807, 2.05) is 0 Å². The standard InChI is InChI=1S/C15H12.3CH3.Pt/c1-2-7-12(6-1)15-11-5-9-13-8-3-4-10-14(13)15;;;;/h1-6,8-11H,7H2;3*1H3;. The summed E-state index contributed by atoms with van der Waals surface area (Å²) in [6.45, 7) is 0.